The third kappa shape index (κ3) is 7.39. The molecule has 0 saturated heterocycles. The molecule has 3 N–H and O–H groups in total. The van der Waals surface area contributed by atoms with Gasteiger partial charge in [-0.2, -0.15) is 4.98 Å². The van der Waals surface area contributed by atoms with Crippen molar-refractivity contribution in [3.63, 3.8) is 0 Å². The van der Waals surface area contributed by atoms with Crippen molar-refractivity contribution < 1.29 is 13.2 Å². The highest BCUT2D eigenvalue weighted by molar-refractivity contribution is 7.89. The molecular formula is C26H27ClN6O3S. The van der Waals surface area contributed by atoms with Crippen LogP contribution < -0.4 is 20.1 Å². The predicted molar refractivity (Wildman–Crippen MR) is 146 cm³/mol. The van der Waals surface area contributed by atoms with Crippen molar-refractivity contribution >= 4 is 44.8 Å². The molecule has 11 heteroatoms. The summed E-state index contributed by atoms with van der Waals surface area (Å²) in [7, 11) is -3.68. The zero-order chi connectivity index (χ0) is 26.6. The van der Waals surface area contributed by atoms with Gasteiger partial charge in [-0.15, -0.1) is 0 Å². The number of anilines is 4. The van der Waals surface area contributed by atoms with Gasteiger partial charge < -0.3 is 15.4 Å². The van der Waals surface area contributed by atoms with Gasteiger partial charge in [-0.25, -0.2) is 23.1 Å². The third-order valence-electron chi connectivity index (χ3n) is 4.85. The van der Waals surface area contributed by atoms with E-state index in [1.165, 1.54) is 0 Å². The second-order valence-corrected chi connectivity index (χ2v) is 11.4. The minimum Gasteiger partial charge on any atom is -0.439 e. The Labute approximate surface area is 221 Å². The molecule has 4 aromatic rings. The summed E-state index contributed by atoms with van der Waals surface area (Å²) in [5, 5.41) is 6.93. The van der Waals surface area contributed by atoms with E-state index in [0.717, 1.165) is 5.56 Å². The third-order valence-corrected chi connectivity index (χ3v) is 6.86. The maximum atomic E-state index is 12.7. The number of ether oxygens (including phenoxy) is 1. The Morgan fingerprint density at radius 1 is 0.892 bits per heavy atom. The molecule has 2 aromatic carbocycles. The molecule has 0 atom stereocenters. The van der Waals surface area contributed by atoms with Crippen LogP contribution in [0.4, 0.5) is 23.1 Å². The zero-order valence-electron chi connectivity index (χ0n) is 20.8. The Bertz CT molecular complexity index is 1490. The summed E-state index contributed by atoms with van der Waals surface area (Å²) < 4.78 is 33.8. The first-order valence-electron chi connectivity index (χ1n) is 11.4. The number of pyridine rings is 1. The van der Waals surface area contributed by atoms with Crippen molar-refractivity contribution in [3.8, 4) is 11.6 Å². The number of nitrogens with one attached hydrogen (secondary N) is 3. The summed E-state index contributed by atoms with van der Waals surface area (Å²) in [6.07, 6.45) is 3.28. The summed E-state index contributed by atoms with van der Waals surface area (Å²) in [6.45, 7) is 7.24. The molecule has 192 valence electrons. The van der Waals surface area contributed by atoms with Gasteiger partial charge in [0.15, 0.2) is 0 Å². The van der Waals surface area contributed by atoms with Gasteiger partial charge in [0, 0.05) is 34.1 Å². The van der Waals surface area contributed by atoms with E-state index in [9.17, 15) is 8.42 Å². The van der Waals surface area contributed by atoms with Gasteiger partial charge in [0.05, 0.1) is 16.8 Å². The van der Waals surface area contributed by atoms with E-state index in [-0.39, 0.29) is 4.90 Å². The Hall–Kier alpha value is -3.73. The van der Waals surface area contributed by atoms with Crippen LogP contribution in [-0.2, 0) is 10.0 Å². The molecule has 0 bridgehead atoms. The fourth-order valence-corrected chi connectivity index (χ4v) is 4.83. The molecule has 9 nitrogen and oxygen atoms in total. The Kier molecular flexibility index (Phi) is 7.63. The van der Waals surface area contributed by atoms with Crippen LogP contribution in [0.1, 0.15) is 26.3 Å². The molecule has 0 saturated carbocycles. The van der Waals surface area contributed by atoms with Crippen LogP contribution in [-0.4, -0.2) is 28.9 Å². The van der Waals surface area contributed by atoms with Crippen LogP contribution in [0.3, 0.4) is 0 Å². The normalized spacial score (nSPS) is 11.7. The second-order valence-electron chi connectivity index (χ2n) is 9.30. The van der Waals surface area contributed by atoms with Gasteiger partial charge in [-0.05, 0) is 76.2 Å². The monoisotopic (exact) mass is 538 g/mol. The topological polar surface area (TPSA) is 118 Å². The van der Waals surface area contributed by atoms with Crippen LogP contribution in [0.15, 0.2) is 78.0 Å². The lowest BCUT2D eigenvalue weighted by Crippen LogP contribution is -2.40. The molecular weight excluding hydrogens is 512 g/mol. The second kappa shape index (κ2) is 10.7. The van der Waals surface area contributed by atoms with Gasteiger partial charge in [-0.3, -0.25) is 0 Å². The Morgan fingerprint density at radius 2 is 1.65 bits per heavy atom. The lowest BCUT2D eigenvalue weighted by Gasteiger charge is -2.20. The highest BCUT2D eigenvalue weighted by atomic mass is 35.5. The molecule has 0 spiro atoms. The van der Waals surface area contributed by atoms with Gasteiger partial charge in [0.1, 0.15) is 11.6 Å². The van der Waals surface area contributed by atoms with Gasteiger partial charge >= 0.3 is 0 Å². The van der Waals surface area contributed by atoms with Gasteiger partial charge in [-0.1, -0.05) is 17.7 Å². The smallest absolute Gasteiger partial charge is 0.241 e. The quantitative estimate of drug-likeness (QED) is 0.243. The largest absolute Gasteiger partial charge is 0.439 e. The Morgan fingerprint density at radius 3 is 2.32 bits per heavy atom. The van der Waals surface area contributed by atoms with Crippen molar-refractivity contribution in [2.45, 2.75) is 38.1 Å². The number of sulfonamides is 1. The van der Waals surface area contributed by atoms with E-state index < -0.39 is 15.6 Å². The number of nitrogens with zero attached hydrogens (tertiary/aromatic N) is 3. The molecule has 2 aromatic heterocycles. The molecule has 0 aliphatic carbocycles. The molecule has 0 radical (unpaired) electrons. The SMILES string of the molecule is Cc1cnc(Nc2ccc(Oc3ccc(Cl)cc3)nc2)nc1Nc1cccc(S(=O)(=O)NC(C)(C)C)c1. The molecule has 0 aliphatic heterocycles. The number of hydrogen-bond donors (Lipinski definition) is 3. The van der Waals surface area contributed by atoms with Crippen molar-refractivity contribution in [2.75, 3.05) is 10.6 Å². The summed E-state index contributed by atoms with van der Waals surface area (Å²) in [5.41, 5.74) is 1.44. The average Bonchev–Trinajstić information content (AvgIpc) is 2.83. The Balaban J connectivity index is 1.47. The zero-order valence-corrected chi connectivity index (χ0v) is 22.4. The van der Waals surface area contributed by atoms with E-state index in [0.29, 0.717) is 39.8 Å². The lowest BCUT2D eigenvalue weighted by molar-refractivity contribution is 0.463. The average molecular weight is 539 g/mol. The molecule has 0 amide bonds. The van der Waals surface area contributed by atoms with E-state index in [2.05, 4.69) is 30.3 Å². The molecule has 0 fully saturated rings. The summed E-state index contributed by atoms with van der Waals surface area (Å²) >= 11 is 5.90. The number of benzene rings is 2. The van der Waals surface area contributed by atoms with Crippen molar-refractivity contribution in [3.05, 3.63) is 83.6 Å². The number of aryl methyl sites for hydroxylation is 1. The molecule has 0 unspecified atom stereocenters. The van der Waals surface area contributed by atoms with Crippen molar-refractivity contribution in [2.24, 2.45) is 0 Å². The van der Waals surface area contributed by atoms with E-state index in [1.54, 1.807) is 93.8 Å². The summed E-state index contributed by atoms with van der Waals surface area (Å²) in [6, 6.07) is 17.1. The van der Waals surface area contributed by atoms with Crippen LogP contribution in [0.25, 0.3) is 0 Å². The highest BCUT2D eigenvalue weighted by Crippen LogP contribution is 2.25. The van der Waals surface area contributed by atoms with Crippen molar-refractivity contribution in [1.82, 2.24) is 19.7 Å². The van der Waals surface area contributed by atoms with Crippen molar-refractivity contribution in [1.29, 1.82) is 0 Å². The fraction of sp³-hybridized carbons (Fsp3) is 0.192. The lowest BCUT2D eigenvalue weighted by atomic mass is 10.1. The van der Waals surface area contributed by atoms with Crippen LogP contribution in [0.2, 0.25) is 5.02 Å². The molecule has 2 heterocycles. The minimum absolute atomic E-state index is 0.157. The predicted octanol–water partition coefficient (Wildman–Crippen LogP) is 6.19. The summed E-state index contributed by atoms with van der Waals surface area (Å²) in [5.74, 6) is 1.93. The first-order valence-corrected chi connectivity index (χ1v) is 13.2. The first kappa shape index (κ1) is 26.3. The number of hydrogen-bond acceptors (Lipinski definition) is 8. The summed E-state index contributed by atoms with van der Waals surface area (Å²) in [4.78, 5) is 13.3. The van der Waals surface area contributed by atoms with Gasteiger partial charge in [0.2, 0.25) is 21.9 Å². The van der Waals surface area contributed by atoms with Gasteiger partial charge in [0.25, 0.3) is 0 Å². The molecule has 37 heavy (non-hydrogen) atoms. The van der Waals surface area contributed by atoms with E-state index in [1.807, 2.05) is 6.92 Å². The fourth-order valence-electron chi connectivity index (χ4n) is 3.24. The van der Waals surface area contributed by atoms with Crippen LogP contribution >= 0.6 is 11.6 Å². The maximum Gasteiger partial charge on any atom is 0.241 e. The van der Waals surface area contributed by atoms with E-state index in [4.69, 9.17) is 16.3 Å². The van der Waals surface area contributed by atoms with Crippen LogP contribution in [0, 0.1) is 6.92 Å². The number of halogens is 1. The van der Waals surface area contributed by atoms with E-state index >= 15 is 0 Å². The maximum absolute atomic E-state index is 12.7. The first-order chi connectivity index (χ1) is 17.5. The minimum atomic E-state index is -3.68. The molecule has 4 rings (SSSR count). The molecule has 0 aliphatic rings. The van der Waals surface area contributed by atoms with Crippen LogP contribution in [0.5, 0.6) is 11.6 Å². The number of rotatable bonds is 8. The highest BCUT2D eigenvalue weighted by Gasteiger charge is 2.22. The number of aromatic nitrogens is 3. The standard InChI is InChI=1S/C26H27ClN6O3S/c1-17-15-29-25(31-20-10-13-23(28-16-20)36-21-11-8-18(27)9-12-21)32-24(17)30-19-6-5-7-22(14-19)37(34,35)33-26(2,3)4/h5-16,33H,1-4H3,(H2,29,30,31,32).